The molecule has 3 rings (SSSR count). The third-order valence-corrected chi connectivity index (χ3v) is 4.66. The minimum absolute atomic E-state index is 0.0548. The molecule has 0 saturated carbocycles. The van der Waals surface area contributed by atoms with Gasteiger partial charge in [-0.2, -0.15) is 12.6 Å². The SMILES string of the molecule is O=C1CCc2cc(OCCCCS)ccc2N1.Oc1c(Cl)cccc1Cl. The van der Waals surface area contributed by atoms with Crippen LogP contribution in [0.25, 0.3) is 0 Å². The van der Waals surface area contributed by atoms with Crippen LogP contribution in [-0.4, -0.2) is 23.4 Å². The minimum Gasteiger partial charge on any atom is -0.505 e. The van der Waals surface area contributed by atoms with Crippen LogP contribution >= 0.6 is 35.8 Å². The molecule has 1 aliphatic rings. The van der Waals surface area contributed by atoms with Gasteiger partial charge in [0.05, 0.1) is 16.7 Å². The van der Waals surface area contributed by atoms with Crippen molar-refractivity contribution in [2.75, 3.05) is 17.7 Å². The summed E-state index contributed by atoms with van der Waals surface area (Å²) in [6, 6.07) is 10.7. The zero-order chi connectivity index (χ0) is 18.9. The van der Waals surface area contributed by atoms with Crippen molar-refractivity contribution in [3.05, 3.63) is 52.0 Å². The Kier molecular flexibility index (Phi) is 8.42. The van der Waals surface area contributed by atoms with Gasteiger partial charge in [-0.3, -0.25) is 4.79 Å². The molecule has 0 fully saturated rings. The number of aryl methyl sites for hydroxylation is 1. The Morgan fingerprint density at radius 3 is 2.50 bits per heavy atom. The lowest BCUT2D eigenvalue weighted by molar-refractivity contribution is -0.116. The summed E-state index contributed by atoms with van der Waals surface area (Å²) in [6.45, 7) is 0.728. The van der Waals surface area contributed by atoms with E-state index in [2.05, 4.69) is 17.9 Å². The molecule has 0 aliphatic carbocycles. The van der Waals surface area contributed by atoms with E-state index in [0.717, 1.165) is 48.6 Å². The van der Waals surface area contributed by atoms with Crippen LogP contribution in [0.1, 0.15) is 24.8 Å². The number of phenols is 1. The number of rotatable bonds is 5. The number of ether oxygens (including phenoxy) is 1. The predicted octanol–water partition coefficient (Wildman–Crippen LogP) is 5.36. The first-order valence-electron chi connectivity index (χ1n) is 8.30. The van der Waals surface area contributed by atoms with Crippen LogP contribution in [0.3, 0.4) is 0 Å². The number of para-hydroxylation sites is 1. The van der Waals surface area contributed by atoms with Gasteiger partial charge in [0, 0.05) is 12.1 Å². The second-order valence-corrected chi connectivity index (χ2v) is 6.98. The Bertz CT molecular complexity index is 735. The number of carbonyl (C=O) groups excluding carboxylic acids is 1. The summed E-state index contributed by atoms with van der Waals surface area (Å²) in [5.74, 6) is 1.83. The van der Waals surface area contributed by atoms with Gasteiger partial charge in [0.25, 0.3) is 0 Å². The van der Waals surface area contributed by atoms with E-state index in [1.807, 2.05) is 18.2 Å². The highest BCUT2D eigenvalue weighted by Crippen LogP contribution is 2.30. The van der Waals surface area contributed by atoms with Crippen molar-refractivity contribution >= 4 is 47.4 Å². The van der Waals surface area contributed by atoms with E-state index in [0.29, 0.717) is 6.42 Å². The molecule has 26 heavy (non-hydrogen) atoms. The number of carbonyl (C=O) groups is 1. The fraction of sp³-hybridized carbons (Fsp3) is 0.316. The van der Waals surface area contributed by atoms with Gasteiger partial charge in [-0.25, -0.2) is 0 Å². The molecule has 0 unspecified atom stereocenters. The lowest BCUT2D eigenvalue weighted by Crippen LogP contribution is -2.18. The van der Waals surface area contributed by atoms with Crippen LogP contribution < -0.4 is 10.1 Å². The summed E-state index contributed by atoms with van der Waals surface area (Å²) in [6.07, 6.45) is 3.46. The van der Waals surface area contributed by atoms with Gasteiger partial charge in [0.2, 0.25) is 5.91 Å². The molecule has 140 valence electrons. The molecule has 2 N–H and O–H groups in total. The molecule has 1 aliphatic heterocycles. The number of nitrogens with one attached hydrogen (secondary N) is 1. The lowest BCUT2D eigenvalue weighted by Gasteiger charge is -2.17. The summed E-state index contributed by atoms with van der Waals surface area (Å²) < 4.78 is 5.65. The number of halogens is 2. The minimum atomic E-state index is -0.0548. The Labute approximate surface area is 168 Å². The fourth-order valence-corrected chi connectivity index (χ4v) is 2.96. The first-order chi connectivity index (χ1) is 12.5. The molecule has 0 bridgehead atoms. The number of hydrogen-bond acceptors (Lipinski definition) is 4. The molecular weight excluding hydrogens is 393 g/mol. The topological polar surface area (TPSA) is 58.6 Å². The number of fused-ring (bicyclic) bond motifs is 1. The average Bonchev–Trinajstić information content (AvgIpc) is 2.64. The average molecular weight is 414 g/mol. The molecule has 2 aromatic carbocycles. The van der Waals surface area contributed by atoms with E-state index in [9.17, 15) is 4.79 Å². The quantitative estimate of drug-likeness (QED) is 0.456. The Hall–Kier alpha value is -1.56. The molecule has 0 radical (unpaired) electrons. The van der Waals surface area contributed by atoms with E-state index in [1.54, 1.807) is 18.2 Å². The second kappa shape index (κ2) is 10.6. The van der Waals surface area contributed by atoms with Crippen molar-refractivity contribution in [2.45, 2.75) is 25.7 Å². The molecule has 2 aromatic rings. The van der Waals surface area contributed by atoms with Crippen molar-refractivity contribution in [3.8, 4) is 11.5 Å². The zero-order valence-electron chi connectivity index (χ0n) is 14.2. The third-order valence-electron chi connectivity index (χ3n) is 3.73. The number of benzene rings is 2. The van der Waals surface area contributed by atoms with Crippen LogP contribution in [0, 0.1) is 0 Å². The Morgan fingerprint density at radius 2 is 1.85 bits per heavy atom. The molecule has 1 heterocycles. The van der Waals surface area contributed by atoms with Crippen LogP contribution in [0.4, 0.5) is 5.69 Å². The molecule has 1 amide bonds. The maximum Gasteiger partial charge on any atom is 0.224 e. The van der Waals surface area contributed by atoms with E-state index in [1.165, 1.54) is 0 Å². The number of amides is 1. The monoisotopic (exact) mass is 413 g/mol. The summed E-state index contributed by atoms with van der Waals surface area (Å²) >= 11 is 15.1. The van der Waals surface area contributed by atoms with Crippen molar-refractivity contribution in [1.82, 2.24) is 0 Å². The normalized spacial score (nSPS) is 12.5. The Balaban J connectivity index is 0.000000228. The van der Waals surface area contributed by atoms with Gasteiger partial charge in [-0.15, -0.1) is 0 Å². The van der Waals surface area contributed by atoms with Crippen molar-refractivity contribution in [3.63, 3.8) is 0 Å². The van der Waals surface area contributed by atoms with Crippen LogP contribution in [-0.2, 0) is 11.2 Å². The highest BCUT2D eigenvalue weighted by atomic mass is 35.5. The van der Waals surface area contributed by atoms with Crippen molar-refractivity contribution in [1.29, 1.82) is 0 Å². The highest BCUT2D eigenvalue weighted by molar-refractivity contribution is 7.80. The standard InChI is InChI=1S/C13H17NO2S.C6H4Cl2O/c15-13-6-3-10-9-11(4-5-12(10)14-13)16-7-1-2-8-17;7-4-2-1-3-5(8)6(4)9/h4-5,9,17H,1-3,6-8H2,(H,14,15);1-3,9H. The van der Waals surface area contributed by atoms with Gasteiger partial charge in [0.1, 0.15) is 5.75 Å². The largest absolute Gasteiger partial charge is 0.505 e. The lowest BCUT2D eigenvalue weighted by atomic mass is 10.0. The number of aromatic hydroxyl groups is 1. The maximum atomic E-state index is 11.2. The molecule has 4 nitrogen and oxygen atoms in total. The summed E-state index contributed by atoms with van der Waals surface area (Å²) in [7, 11) is 0. The predicted molar refractivity (Wildman–Crippen MR) is 110 cm³/mol. The zero-order valence-corrected chi connectivity index (χ0v) is 16.6. The van der Waals surface area contributed by atoms with Crippen LogP contribution in [0.2, 0.25) is 10.0 Å². The van der Waals surface area contributed by atoms with Gasteiger partial charge in [0.15, 0.2) is 5.75 Å². The molecule has 0 saturated heterocycles. The first kappa shape index (κ1) is 20.7. The third kappa shape index (κ3) is 6.31. The van der Waals surface area contributed by atoms with Crippen molar-refractivity contribution in [2.24, 2.45) is 0 Å². The molecule has 0 aromatic heterocycles. The maximum absolute atomic E-state index is 11.2. The van der Waals surface area contributed by atoms with Gasteiger partial charge in [-0.1, -0.05) is 29.3 Å². The molecule has 0 spiro atoms. The van der Waals surface area contributed by atoms with Gasteiger partial charge in [-0.05, 0) is 60.9 Å². The summed E-state index contributed by atoms with van der Waals surface area (Å²) in [5.41, 5.74) is 2.08. The number of thiol groups is 1. The number of phenolic OH excluding ortho intramolecular Hbond substituents is 1. The van der Waals surface area contributed by atoms with E-state index in [4.69, 9.17) is 33.0 Å². The second-order valence-electron chi connectivity index (χ2n) is 5.72. The van der Waals surface area contributed by atoms with Crippen LogP contribution in [0.5, 0.6) is 11.5 Å². The van der Waals surface area contributed by atoms with Crippen molar-refractivity contribution < 1.29 is 14.6 Å². The fourth-order valence-electron chi connectivity index (χ4n) is 2.34. The Morgan fingerprint density at radius 1 is 1.12 bits per heavy atom. The summed E-state index contributed by atoms with van der Waals surface area (Å²) in [4.78, 5) is 11.2. The van der Waals surface area contributed by atoms with E-state index >= 15 is 0 Å². The van der Waals surface area contributed by atoms with E-state index < -0.39 is 0 Å². The smallest absolute Gasteiger partial charge is 0.224 e. The number of unbranched alkanes of at least 4 members (excludes halogenated alkanes) is 1. The number of hydrogen-bond donors (Lipinski definition) is 3. The van der Waals surface area contributed by atoms with E-state index in [-0.39, 0.29) is 21.7 Å². The molecule has 0 atom stereocenters. The van der Waals surface area contributed by atoms with Crippen LogP contribution in [0.15, 0.2) is 36.4 Å². The molecule has 7 heteroatoms. The highest BCUT2D eigenvalue weighted by Gasteiger charge is 2.14. The van der Waals surface area contributed by atoms with Gasteiger partial charge >= 0.3 is 0 Å². The number of anilines is 1. The summed E-state index contributed by atoms with van der Waals surface area (Å²) in [5, 5.41) is 12.4. The van der Waals surface area contributed by atoms with Gasteiger partial charge < -0.3 is 15.2 Å². The molecular formula is C19H21Cl2NO3S. The first-order valence-corrected chi connectivity index (χ1v) is 9.69.